The van der Waals surface area contributed by atoms with Gasteiger partial charge in [-0.1, -0.05) is 12.1 Å². The summed E-state index contributed by atoms with van der Waals surface area (Å²) in [5.41, 5.74) is 5.55. The highest BCUT2D eigenvalue weighted by atomic mass is 127. The Morgan fingerprint density at radius 3 is 2.69 bits per heavy atom. The van der Waals surface area contributed by atoms with E-state index in [2.05, 4.69) is 58.8 Å². The molecule has 35 heavy (non-hydrogen) atoms. The van der Waals surface area contributed by atoms with Crippen molar-refractivity contribution in [3.8, 4) is 22.6 Å². The normalized spacial score (nSPS) is 13.1. The van der Waals surface area contributed by atoms with E-state index in [0.29, 0.717) is 30.7 Å². The first-order valence-corrected chi connectivity index (χ1v) is 14.2. The molecule has 1 aromatic carbocycles. The molecule has 1 N–H and O–H groups in total. The molecule has 1 aliphatic heterocycles. The molecule has 0 aliphatic carbocycles. The van der Waals surface area contributed by atoms with E-state index in [4.69, 9.17) is 19.4 Å². The molecule has 4 aromatic heterocycles. The predicted octanol–water partition coefficient (Wildman–Crippen LogP) is 5.87. The summed E-state index contributed by atoms with van der Waals surface area (Å²) in [5.74, 6) is 1.93. The molecule has 5 aromatic rings. The maximum atomic E-state index is 5.91. The summed E-state index contributed by atoms with van der Waals surface area (Å²) in [4.78, 5) is 18.5. The van der Waals surface area contributed by atoms with E-state index in [1.165, 1.54) is 0 Å². The lowest BCUT2D eigenvalue weighted by molar-refractivity contribution is 0.216. The van der Waals surface area contributed by atoms with Crippen LogP contribution in [0.15, 0.2) is 55.1 Å². The van der Waals surface area contributed by atoms with Gasteiger partial charge >= 0.3 is 0 Å². The van der Waals surface area contributed by atoms with Crippen molar-refractivity contribution in [3.63, 3.8) is 0 Å². The van der Waals surface area contributed by atoms with E-state index in [9.17, 15) is 0 Å². The highest BCUT2D eigenvalue weighted by molar-refractivity contribution is 14.2. The second-order valence-electron chi connectivity index (χ2n) is 7.88. The largest absolute Gasteiger partial charge is 0.488 e. The molecule has 0 radical (unpaired) electrons. The Labute approximate surface area is 217 Å². The lowest BCUT2D eigenvalue weighted by atomic mass is 10.0. The molecular formula is C25H19IN6O2S. The Morgan fingerprint density at radius 2 is 1.86 bits per heavy atom. The molecule has 1 aliphatic rings. The summed E-state index contributed by atoms with van der Waals surface area (Å²) < 4.78 is 13.8. The third kappa shape index (κ3) is 4.27. The molecule has 0 atom stereocenters. The van der Waals surface area contributed by atoms with Gasteiger partial charge in [0, 0.05) is 60.7 Å². The number of fused-ring (bicyclic) bond motifs is 5. The molecule has 6 rings (SSSR count). The zero-order valence-electron chi connectivity index (χ0n) is 18.6. The van der Waals surface area contributed by atoms with Crippen LogP contribution in [0.4, 0.5) is 5.95 Å². The number of pyridine rings is 2. The Morgan fingerprint density at radius 1 is 1.00 bits per heavy atom. The minimum Gasteiger partial charge on any atom is -0.488 e. The summed E-state index contributed by atoms with van der Waals surface area (Å²) in [6.07, 6.45) is 11.3. The summed E-state index contributed by atoms with van der Waals surface area (Å²) >= 11 is 2.27. The quantitative estimate of drug-likeness (QED) is 0.254. The fraction of sp³-hybridized carbons (Fsp3) is 0.120. The Bertz CT molecular complexity index is 1600. The number of nitrogens with zero attached hydrogens (tertiary/aromatic N) is 5. The number of anilines is 1. The van der Waals surface area contributed by atoms with Crippen LogP contribution >= 0.6 is 30.3 Å². The van der Waals surface area contributed by atoms with Crippen molar-refractivity contribution < 1.29 is 9.47 Å². The van der Waals surface area contributed by atoms with Crippen molar-refractivity contribution in [2.75, 3.05) is 25.6 Å². The molecule has 5 heterocycles. The minimum atomic E-state index is 0.397. The van der Waals surface area contributed by atoms with Gasteiger partial charge in [0.2, 0.25) is 5.95 Å². The standard InChI is InChI=1S/C25H19IN6O2S/c1-27-25-30-22-4-2-15-8-18(12-28-11-15)33-6-7-34-19-10-17-9-16(3-5-21(17)29-13-19)20-14-32(35-26)24(31-25)23(20)22/h2-5,8-14H,6-7H2,1H3,(H,27,30,31). The average molecular weight is 594 g/mol. The predicted molar refractivity (Wildman–Crippen MR) is 149 cm³/mol. The number of hydrogen-bond acceptors (Lipinski definition) is 8. The van der Waals surface area contributed by atoms with Gasteiger partial charge in [-0.3, -0.25) is 13.9 Å². The number of rotatable bonds is 2. The maximum Gasteiger partial charge on any atom is 0.225 e. The molecule has 0 saturated carbocycles. The molecule has 0 amide bonds. The maximum absolute atomic E-state index is 5.91. The first-order valence-electron chi connectivity index (χ1n) is 10.9. The smallest absolute Gasteiger partial charge is 0.225 e. The lowest BCUT2D eigenvalue weighted by Crippen LogP contribution is -2.09. The number of nitrogens with one attached hydrogen (secondary N) is 1. The molecule has 10 heteroatoms. The molecule has 5 bridgehead atoms. The molecule has 0 unspecified atom stereocenters. The van der Waals surface area contributed by atoms with Gasteiger partial charge in [-0.15, -0.1) is 0 Å². The van der Waals surface area contributed by atoms with Crippen LogP contribution < -0.4 is 14.8 Å². The van der Waals surface area contributed by atoms with E-state index in [0.717, 1.165) is 44.3 Å². The van der Waals surface area contributed by atoms with Crippen LogP contribution in [0.5, 0.6) is 11.5 Å². The van der Waals surface area contributed by atoms with Gasteiger partial charge in [0.15, 0.2) is 5.65 Å². The summed E-state index contributed by atoms with van der Waals surface area (Å²) in [6, 6.07) is 10.2. The number of ether oxygens (including phenoxy) is 2. The van der Waals surface area contributed by atoms with Crippen LogP contribution in [0.25, 0.3) is 45.2 Å². The zero-order valence-corrected chi connectivity index (χ0v) is 21.6. The topological polar surface area (TPSA) is 87.0 Å². The molecular weight excluding hydrogens is 575 g/mol. The van der Waals surface area contributed by atoms with Crippen molar-refractivity contribution in [2.24, 2.45) is 0 Å². The van der Waals surface area contributed by atoms with Crippen molar-refractivity contribution >= 4 is 70.4 Å². The van der Waals surface area contributed by atoms with Gasteiger partial charge in [-0.25, -0.2) is 4.98 Å². The van der Waals surface area contributed by atoms with Crippen molar-refractivity contribution in [3.05, 3.63) is 66.4 Å². The van der Waals surface area contributed by atoms with Crippen molar-refractivity contribution in [2.45, 2.75) is 0 Å². The molecule has 8 nitrogen and oxygen atoms in total. The van der Waals surface area contributed by atoms with E-state index >= 15 is 0 Å². The monoisotopic (exact) mass is 594 g/mol. The van der Waals surface area contributed by atoms with Gasteiger partial charge in [-0.2, -0.15) is 4.98 Å². The second-order valence-corrected chi connectivity index (χ2v) is 9.59. The van der Waals surface area contributed by atoms with Gasteiger partial charge in [-0.05, 0) is 41.5 Å². The lowest BCUT2D eigenvalue weighted by Gasteiger charge is -2.09. The number of aromatic nitrogens is 5. The average Bonchev–Trinajstić information content (AvgIpc) is 3.28. The Kier molecular flexibility index (Phi) is 5.90. The van der Waals surface area contributed by atoms with Crippen LogP contribution in [0.3, 0.4) is 0 Å². The van der Waals surface area contributed by atoms with Crippen LogP contribution in [0, 0.1) is 0 Å². The van der Waals surface area contributed by atoms with Crippen LogP contribution in [0.1, 0.15) is 11.3 Å². The first kappa shape index (κ1) is 22.1. The third-order valence-electron chi connectivity index (χ3n) is 5.70. The third-order valence-corrected chi connectivity index (χ3v) is 7.40. The summed E-state index contributed by atoms with van der Waals surface area (Å²) in [7, 11) is 3.39. The van der Waals surface area contributed by atoms with E-state index in [1.807, 2.05) is 37.4 Å². The van der Waals surface area contributed by atoms with E-state index in [1.54, 1.807) is 27.7 Å². The van der Waals surface area contributed by atoms with Crippen LogP contribution in [-0.4, -0.2) is 44.2 Å². The van der Waals surface area contributed by atoms with Gasteiger partial charge in [0.1, 0.15) is 24.7 Å². The summed E-state index contributed by atoms with van der Waals surface area (Å²) in [5, 5.41) is 5.05. The number of halogens is 1. The minimum absolute atomic E-state index is 0.397. The second kappa shape index (κ2) is 9.34. The highest BCUT2D eigenvalue weighted by Gasteiger charge is 2.18. The van der Waals surface area contributed by atoms with Crippen molar-refractivity contribution in [1.29, 1.82) is 0 Å². The highest BCUT2D eigenvalue weighted by Crippen LogP contribution is 2.37. The fourth-order valence-corrected chi connectivity index (χ4v) is 5.33. The van der Waals surface area contributed by atoms with E-state index in [-0.39, 0.29) is 0 Å². The van der Waals surface area contributed by atoms with Crippen LogP contribution in [0.2, 0.25) is 0 Å². The number of benzene rings is 1. The van der Waals surface area contributed by atoms with Gasteiger partial charge in [0.25, 0.3) is 0 Å². The van der Waals surface area contributed by atoms with E-state index < -0.39 is 0 Å². The zero-order chi connectivity index (χ0) is 23.8. The Hall–Kier alpha value is -3.38. The SMILES string of the molecule is CNc1nc2c3c(cn(SI)c3n1)-c1ccc3ncc(cc3c1)OCCOc1cncc(c1)C=C2. The fourth-order valence-electron chi connectivity index (χ4n) is 4.09. The van der Waals surface area contributed by atoms with Crippen LogP contribution in [-0.2, 0) is 0 Å². The summed E-state index contributed by atoms with van der Waals surface area (Å²) in [6.45, 7) is 0.797. The van der Waals surface area contributed by atoms with Gasteiger partial charge in [0.05, 0.1) is 29.0 Å². The first-order chi connectivity index (χ1) is 17.2. The van der Waals surface area contributed by atoms with Gasteiger partial charge < -0.3 is 14.8 Å². The molecule has 0 spiro atoms. The Balaban J connectivity index is 1.63. The van der Waals surface area contributed by atoms with Crippen molar-refractivity contribution in [1.82, 2.24) is 23.9 Å². The molecule has 0 saturated heterocycles. The number of hydrogen-bond donors (Lipinski definition) is 1. The molecule has 174 valence electrons. The molecule has 0 fully saturated rings.